The Kier molecular flexibility index (Phi) is 4.11. The molecule has 7 heteroatoms. The van der Waals surface area contributed by atoms with Crippen molar-refractivity contribution in [3.8, 4) is 0 Å². The van der Waals surface area contributed by atoms with Gasteiger partial charge in [-0.1, -0.05) is 0 Å². The second kappa shape index (κ2) is 5.41. The zero-order valence-electron chi connectivity index (χ0n) is 9.72. The summed E-state index contributed by atoms with van der Waals surface area (Å²) in [6.07, 6.45) is 7.55. The van der Waals surface area contributed by atoms with Crippen LogP contribution in [-0.2, 0) is 10.0 Å². The van der Waals surface area contributed by atoms with E-state index in [2.05, 4.69) is 21.2 Å². The van der Waals surface area contributed by atoms with Crippen molar-refractivity contribution in [3.05, 3.63) is 12.3 Å². The lowest BCUT2D eigenvalue weighted by Crippen LogP contribution is -2.38. The lowest BCUT2D eigenvalue weighted by molar-refractivity contribution is 0.419. The van der Waals surface area contributed by atoms with Crippen LogP contribution in [-0.4, -0.2) is 36.2 Å². The summed E-state index contributed by atoms with van der Waals surface area (Å²) >= 11 is 1.87. The van der Waals surface area contributed by atoms with E-state index in [0.29, 0.717) is 5.25 Å². The number of rotatable bonds is 4. The first kappa shape index (κ1) is 12.9. The number of sulfonamides is 1. The number of hydrogen-bond acceptors (Lipinski definition) is 4. The molecular formula is C10H17N3O2S2. The van der Waals surface area contributed by atoms with Crippen LogP contribution in [0.15, 0.2) is 17.3 Å². The summed E-state index contributed by atoms with van der Waals surface area (Å²) in [4.78, 5) is 0. The average molecular weight is 275 g/mol. The molecule has 0 aromatic carbocycles. The first-order valence-electron chi connectivity index (χ1n) is 5.66. The van der Waals surface area contributed by atoms with Gasteiger partial charge in [-0.05, 0) is 38.0 Å². The van der Waals surface area contributed by atoms with Crippen molar-refractivity contribution in [1.29, 1.82) is 0 Å². The summed E-state index contributed by atoms with van der Waals surface area (Å²) < 4.78 is 26.6. The van der Waals surface area contributed by atoms with Crippen LogP contribution in [0.3, 0.4) is 0 Å². The summed E-state index contributed by atoms with van der Waals surface area (Å²) in [5, 5.41) is 6.97. The number of hydrogen-bond donors (Lipinski definition) is 2. The van der Waals surface area contributed by atoms with E-state index in [4.69, 9.17) is 0 Å². The molecule has 96 valence electrons. The first-order valence-corrected chi connectivity index (χ1v) is 8.43. The van der Waals surface area contributed by atoms with Crippen molar-refractivity contribution in [2.75, 3.05) is 6.26 Å². The summed E-state index contributed by atoms with van der Waals surface area (Å²) in [7, 11) is -3.42. The summed E-state index contributed by atoms with van der Waals surface area (Å²) in [6.45, 7) is 0. The van der Waals surface area contributed by atoms with Crippen LogP contribution < -0.4 is 4.72 Å². The van der Waals surface area contributed by atoms with Crippen molar-refractivity contribution < 1.29 is 8.42 Å². The molecule has 0 aliphatic heterocycles. The van der Waals surface area contributed by atoms with E-state index in [-0.39, 0.29) is 11.1 Å². The van der Waals surface area contributed by atoms with Crippen LogP contribution in [0.25, 0.3) is 0 Å². The first-order chi connectivity index (χ1) is 8.12. The highest BCUT2D eigenvalue weighted by molar-refractivity contribution is 7.99. The van der Waals surface area contributed by atoms with Gasteiger partial charge in [-0.2, -0.15) is 16.9 Å². The summed E-state index contributed by atoms with van der Waals surface area (Å²) in [5.41, 5.74) is 0. The summed E-state index contributed by atoms with van der Waals surface area (Å²) in [5.74, 6) is 0. The fraction of sp³-hybridized carbons (Fsp3) is 0.700. The molecule has 0 bridgehead atoms. The lowest BCUT2D eigenvalue weighted by Gasteiger charge is -2.27. The van der Waals surface area contributed by atoms with Crippen LogP contribution in [0.2, 0.25) is 0 Å². The minimum atomic E-state index is -3.42. The highest BCUT2D eigenvalue weighted by Gasteiger charge is 2.25. The average Bonchev–Trinajstić information content (AvgIpc) is 2.84. The van der Waals surface area contributed by atoms with Crippen LogP contribution in [0.5, 0.6) is 0 Å². The lowest BCUT2D eigenvalue weighted by atomic mass is 9.96. The molecule has 2 rings (SSSR count). The molecule has 1 aliphatic rings. The molecule has 0 spiro atoms. The maximum atomic E-state index is 11.9. The Morgan fingerprint density at radius 1 is 1.41 bits per heavy atom. The minimum absolute atomic E-state index is 0.0618. The van der Waals surface area contributed by atoms with E-state index in [1.165, 1.54) is 12.3 Å². The van der Waals surface area contributed by atoms with Gasteiger partial charge in [0, 0.05) is 11.3 Å². The van der Waals surface area contributed by atoms with Crippen molar-refractivity contribution in [2.45, 2.75) is 42.0 Å². The molecule has 5 nitrogen and oxygen atoms in total. The predicted octanol–water partition coefficient (Wildman–Crippen LogP) is 1.36. The van der Waals surface area contributed by atoms with Gasteiger partial charge in [-0.25, -0.2) is 13.1 Å². The van der Waals surface area contributed by atoms with Gasteiger partial charge >= 0.3 is 0 Å². The normalized spacial score (nSPS) is 25.9. The van der Waals surface area contributed by atoms with E-state index < -0.39 is 10.0 Å². The van der Waals surface area contributed by atoms with Crippen molar-refractivity contribution >= 4 is 21.8 Å². The molecule has 0 amide bonds. The van der Waals surface area contributed by atoms with E-state index in [0.717, 1.165) is 25.7 Å². The van der Waals surface area contributed by atoms with Crippen molar-refractivity contribution in [2.24, 2.45) is 0 Å². The van der Waals surface area contributed by atoms with E-state index in [1.807, 2.05) is 11.8 Å². The monoisotopic (exact) mass is 275 g/mol. The van der Waals surface area contributed by atoms with Gasteiger partial charge in [0.05, 0.1) is 6.20 Å². The van der Waals surface area contributed by atoms with Gasteiger partial charge in [0.1, 0.15) is 0 Å². The molecule has 0 unspecified atom stereocenters. The molecule has 1 fully saturated rings. The number of aromatic amines is 1. The number of nitrogens with zero attached hydrogens (tertiary/aromatic N) is 1. The largest absolute Gasteiger partial charge is 0.266 e. The third-order valence-electron chi connectivity index (χ3n) is 3.09. The molecule has 1 aliphatic carbocycles. The topological polar surface area (TPSA) is 74.8 Å². The summed E-state index contributed by atoms with van der Waals surface area (Å²) in [6, 6.07) is 1.53. The third kappa shape index (κ3) is 3.23. The van der Waals surface area contributed by atoms with Gasteiger partial charge in [-0.15, -0.1) is 0 Å². The molecule has 17 heavy (non-hydrogen) atoms. The predicted molar refractivity (Wildman–Crippen MR) is 68.5 cm³/mol. The SMILES string of the molecule is CSC1CCC(NS(=O)(=O)c2ccn[nH]2)CC1. The van der Waals surface area contributed by atoms with E-state index >= 15 is 0 Å². The molecule has 0 radical (unpaired) electrons. The Labute approximate surface area is 106 Å². The Bertz CT molecular complexity index is 436. The highest BCUT2D eigenvalue weighted by atomic mass is 32.2. The molecule has 0 atom stereocenters. The zero-order valence-corrected chi connectivity index (χ0v) is 11.4. The van der Waals surface area contributed by atoms with Crippen LogP contribution >= 0.6 is 11.8 Å². The Hall–Kier alpha value is -0.530. The molecule has 1 saturated carbocycles. The molecular weight excluding hydrogens is 258 g/mol. The standard InChI is InChI=1S/C10H17N3O2S2/c1-16-9-4-2-8(3-5-9)13-17(14,15)10-6-7-11-12-10/h6-9,13H,2-5H2,1H3,(H,11,12). The van der Waals surface area contributed by atoms with Gasteiger partial charge in [0.25, 0.3) is 10.0 Å². The van der Waals surface area contributed by atoms with Crippen molar-refractivity contribution in [1.82, 2.24) is 14.9 Å². The fourth-order valence-corrected chi connectivity index (χ4v) is 4.05. The second-order valence-electron chi connectivity index (χ2n) is 4.25. The molecule has 1 aromatic rings. The number of H-pyrrole nitrogens is 1. The number of thioether (sulfide) groups is 1. The van der Waals surface area contributed by atoms with Crippen LogP contribution in [0.4, 0.5) is 0 Å². The van der Waals surface area contributed by atoms with Crippen LogP contribution in [0.1, 0.15) is 25.7 Å². The van der Waals surface area contributed by atoms with Gasteiger partial charge in [0.2, 0.25) is 0 Å². The number of nitrogens with one attached hydrogen (secondary N) is 2. The Morgan fingerprint density at radius 3 is 2.65 bits per heavy atom. The van der Waals surface area contributed by atoms with Crippen molar-refractivity contribution in [3.63, 3.8) is 0 Å². The Morgan fingerprint density at radius 2 is 2.12 bits per heavy atom. The highest BCUT2D eigenvalue weighted by Crippen LogP contribution is 2.27. The number of aromatic nitrogens is 2. The quantitative estimate of drug-likeness (QED) is 0.870. The molecule has 1 heterocycles. The molecule has 2 N–H and O–H groups in total. The van der Waals surface area contributed by atoms with E-state index in [1.54, 1.807) is 0 Å². The molecule has 0 saturated heterocycles. The van der Waals surface area contributed by atoms with Gasteiger partial charge in [-0.3, -0.25) is 5.10 Å². The third-order valence-corrected chi connectivity index (χ3v) is 5.68. The van der Waals surface area contributed by atoms with E-state index in [9.17, 15) is 8.42 Å². The fourth-order valence-electron chi connectivity index (χ4n) is 2.09. The Balaban J connectivity index is 1.94. The minimum Gasteiger partial charge on any atom is -0.266 e. The van der Waals surface area contributed by atoms with Gasteiger partial charge in [0.15, 0.2) is 5.03 Å². The maximum absolute atomic E-state index is 11.9. The zero-order chi connectivity index (χ0) is 12.3. The molecule has 1 aromatic heterocycles. The second-order valence-corrected chi connectivity index (χ2v) is 7.07. The van der Waals surface area contributed by atoms with Gasteiger partial charge < -0.3 is 0 Å². The van der Waals surface area contributed by atoms with Crippen LogP contribution in [0, 0.1) is 0 Å². The smallest absolute Gasteiger partial charge is 0.257 e. The maximum Gasteiger partial charge on any atom is 0.257 e.